The van der Waals surface area contributed by atoms with E-state index in [-0.39, 0.29) is 0 Å². The lowest BCUT2D eigenvalue weighted by Crippen LogP contribution is -2.07. The summed E-state index contributed by atoms with van der Waals surface area (Å²) in [7, 11) is 1.66. The lowest BCUT2D eigenvalue weighted by atomic mass is 10.4. The number of methoxy groups -OCH3 is 1. The lowest BCUT2D eigenvalue weighted by molar-refractivity contribution is 0.0644. The topological polar surface area (TPSA) is 40.6 Å². The SMILES string of the molecule is COCCOCCCOc1cccnc1Br. The van der Waals surface area contributed by atoms with Gasteiger partial charge in [-0.3, -0.25) is 0 Å². The maximum atomic E-state index is 5.52. The molecule has 4 nitrogen and oxygen atoms in total. The van der Waals surface area contributed by atoms with Gasteiger partial charge in [-0.2, -0.15) is 0 Å². The van der Waals surface area contributed by atoms with E-state index in [1.165, 1.54) is 0 Å². The maximum Gasteiger partial charge on any atom is 0.152 e. The van der Waals surface area contributed by atoms with E-state index in [0.717, 1.165) is 16.8 Å². The molecular formula is C11H16BrNO3. The predicted molar refractivity (Wildman–Crippen MR) is 64.7 cm³/mol. The Hall–Kier alpha value is -0.650. The zero-order valence-electron chi connectivity index (χ0n) is 9.32. The molecule has 1 rings (SSSR count). The molecule has 90 valence electrons. The first-order valence-corrected chi connectivity index (χ1v) is 5.94. The molecule has 5 heteroatoms. The number of hydrogen-bond donors (Lipinski definition) is 0. The average Bonchev–Trinajstić information content (AvgIpc) is 2.30. The van der Waals surface area contributed by atoms with Crippen LogP contribution in [0.1, 0.15) is 6.42 Å². The van der Waals surface area contributed by atoms with Crippen LogP contribution in [-0.2, 0) is 9.47 Å². The summed E-state index contributed by atoms with van der Waals surface area (Å²) in [5, 5.41) is 0. The van der Waals surface area contributed by atoms with Gasteiger partial charge in [0.15, 0.2) is 5.75 Å². The number of hydrogen-bond acceptors (Lipinski definition) is 4. The summed E-state index contributed by atoms with van der Waals surface area (Å²) in [6.45, 7) is 2.57. The van der Waals surface area contributed by atoms with Crippen molar-refractivity contribution in [1.82, 2.24) is 4.98 Å². The van der Waals surface area contributed by atoms with Gasteiger partial charge in [0.25, 0.3) is 0 Å². The molecule has 0 aliphatic heterocycles. The van der Waals surface area contributed by atoms with E-state index in [1.807, 2.05) is 12.1 Å². The zero-order valence-corrected chi connectivity index (χ0v) is 10.9. The minimum Gasteiger partial charge on any atom is -0.491 e. The Kier molecular flexibility index (Phi) is 7.12. The van der Waals surface area contributed by atoms with Crippen LogP contribution in [0.2, 0.25) is 0 Å². The van der Waals surface area contributed by atoms with Gasteiger partial charge in [-0.05, 0) is 28.1 Å². The van der Waals surface area contributed by atoms with Gasteiger partial charge in [-0.1, -0.05) is 0 Å². The number of rotatable bonds is 8. The first-order valence-electron chi connectivity index (χ1n) is 5.14. The zero-order chi connectivity index (χ0) is 11.6. The molecule has 0 aromatic carbocycles. The predicted octanol–water partition coefficient (Wildman–Crippen LogP) is 2.28. The Morgan fingerprint density at radius 2 is 2.12 bits per heavy atom. The maximum absolute atomic E-state index is 5.52. The second kappa shape index (κ2) is 8.50. The normalized spacial score (nSPS) is 10.4. The first kappa shape index (κ1) is 13.4. The summed E-state index contributed by atoms with van der Waals surface area (Å²) >= 11 is 3.32. The summed E-state index contributed by atoms with van der Waals surface area (Å²) in [5.74, 6) is 0.763. The van der Waals surface area contributed by atoms with Crippen LogP contribution in [0.15, 0.2) is 22.9 Å². The van der Waals surface area contributed by atoms with Crippen molar-refractivity contribution in [2.24, 2.45) is 0 Å². The third-order valence-electron chi connectivity index (χ3n) is 1.85. The average molecular weight is 290 g/mol. The number of halogens is 1. The fourth-order valence-electron chi connectivity index (χ4n) is 1.07. The molecule has 0 atom stereocenters. The smallest absolute Gasteiger partial charge is 0.152 e. The molecule has 0 aliphatic carbocycles. The van der Waals surface area contributed by atoms with Crippen molar-refractivity contribution < 1.29 is 14.2 Å². The van der Waals surface area contributed by atoms with Crippen LogP contribution in [0.3, 0.4) is 0 Å². The molecule has 0 saturated carbocycles. The van der Waals surface area contributed by atoms with E-state index >= 15 is 0 Å². The van der Waals surface area contributed by atoms with Gasteiger partial charge < -0.3 is 14.2 Å². The van der Waals surface area contributed by atoms with E-state index in [4.69, 9.17) is 14.2 Å². The van der Waals surface area contributed by atoms with E-state index in [2.05, 4.69) is 20.9 Å². The van der Waals surface area contributed by atoms with Crippen molar-refractivity contribution in [3.63, 3.8) is 0 Å². The molecule has 16 heavy (non-hydrogen) atoms. The third kappa shape index (κ3) is 5.44. The summed E-state index contributed by atoms with van der Waals surface area (Å²) < 4.78 is 16.4. The molecule has 0 fully saturated rings. The Morgan fingerprint density at radius 1 is 1.25 bits per heavy atom. The molecule has 0 amide bonds. The molecule has 0 bridgehead atoms. The highest BCUT2D eigenvalue weighted by atomic mass is 79.9. The van der Waals surface area contributed by atoms with E-state index in [0.29, 0.717) is 26.4 Å². The standard InChI is InChI=1S/C11H16BrNO3/c1-14-8-9-15-6-3-7-16-10-4-2-5-13-11(10)12/h2,4-5H,3,6-9H2,1H3. The molecule has 0 aliphatic rings. The Labute approximate surface area is 104 Å². The quantitative estimate of drug-likeness (QED) is 0.544. The van der Waals surface area contributed by atoms with Crippen LogP contribution in [0.5, 0.6) is 5.75 Å². The van der Waals surface area contributed by atoms with Gasteiger partial charge in [-0.25, -0.2) is 4.98 Å². The minimum atomic E-state index is 0.622. The minimum absolute atomic E-state index is 0.622. The van der Waals surface area contributed by atoms with Crippen molar-refractivity contribution in [1.29, 1.82) is 0 Å². The molecule has 0 saturated heterocycles. The van der Waals surface area contributed by atoms with Crippen LogP contribution >= 0.6 is 15.9 Å². The van der Waals surface area contributed by atoms with E-state index in [1.54, 1.807) is 13.3 Å². The van der Waals surface area contributed by atoms with Crippen molar-refractivity contribution in [2.75, 3.05) is 33.5 Å². The van der Waals surface area contributed by atoms with Crippen LogP contribution < -0.4 is 4.74 Å². The monoisotopic (exact) mass is 289 g/mol. The summed E-state index contributed by atoms with van der Waals surface area (Å²) in [6.07, 6.45) is 2.57. The fourth-order valence-corrected chi connectivity index (χ4v) is 1.43. The largest absolute Gasteiger partial charge is 0.491 e. The number of ether oxygens (including phenoxy) is 3. The molecular weight excluding hydrogens is 274 g/mol. The highest BCUT2D eigenvalue weighted by molar-refractivity contribution is 9.10. The fraction of sp³-hybridized carbons (Fsp3) is 0.545. The van der Waals surface area contributed by atoms with Crippen LogP contribution in [-0.4, -0.2) is 38.5 Å². The highest BCUT2D eigenvalue weighted by Crippen LogP contribution is 2.20. The molecule has 0 unspecified atom stereocenters. The lowest BCUT2D eigenvalue weighted by Gasteiger charge is -2.07. The molecule has 1 heterocycles. The molecule has 1 aromatic heterocycles. The van der Waals surface area contributed by atoms with Gasteiger partial charge in [0, 0.05) is 26.3 Å². The van der Waals surface area contributed by atoms with E-state index < -0.39 is 0 Å². The van der Waals surface area contributed by atoms with Crippen molar-refractivity contribution in [3.05, 3.63) is 22.9 Å². The summed E-state index contributed by atoms with van der Waals surface area (Å²) in [4.78, 5) is 4.06. The summed E-state index contributed by atoms with van der Waals surface area (Å²) in [6, 6.07) is 3.72. The van der Waals surface area contributed by atoms with E-state index in [9.17, 15) is 0 Å². The Bertz CT molecular complexity index is 296. The van der Waals surface area contributed by atoms with Gasteiger partial charge >= 0.3 is 0 Å². The van der Waals surface area contributed by atoms with Crippen LogP contribution in [0.25, 0.3) is 0 Å². The van der Waals surface area contributed by atoms with Crippen molar-refractivity contribution in [2.45, 2.75) is 6.42 Å². The first-order chi connectivity index (χ1) is 7.84. The molecule has 0 radical (unpaired) electrons. The van der Waals surface area contributed by atoms with Crippen LogP contribution in [0.4, 0.5) is 0 Å². The Morgan fingerprint density at radius 3 is 2.88 bits per heavy atom. The van der Waals surface area contributed by atoms with Crippen molar-refractivity contribution in [3.8, 4) is 5.75 Å². The van der Waals surface area contributed by atoms with Crippen molar-refractivity contribution >= 4 is 15.9 Å². The molecule has 0 N–H and O–H groups in total. The summed E-state index contributed by atoms with van der Waals surface area (Å²) in [5.41, 5.74) is 0. The molecule has 0 spiro atoms. The number of nitrogens with zero attached hydrogens (tertiary/aromatic N) is 1. The van der Waals surface area contributed by atoms with Gasteiger partial charge in [-0.15, -0.1) is 0 Å². The second-order valence-electron chi connectivity index (χ2n) is 3.10. The Balaban J connectivity index is 2.05. The number of pyridine rings is 1. The molecule has 1 aromatic rings. The van der Waals surface area contributed by atoms with Crippen LogP contribution in [0, 0.1) is 0 Å². The highest BCUT2D eigenvalue weighted by Gasteiger charge is 1.99. The van der Waals surface area contributed by atoms with Gasteiger partial charge in [0.05, 0.1) is 19.8 Å². The third-order valence-corrected chi connectivity index (χ3v) is 2.44. The second-order valence-corrected chi connectivity index (χ2v) is 3.85. The number of aromatic nitrogens is 1. The van der Waals surface area contributed by atoms with Gasteiger partial charge in [0.1, 0.15) is 4.60 Å². The van der Waals surface area contributed by atoms with Gasteiger partial charge in [0.2, 0.25) is 0 Å².